The molecule has 1 saturated heterocycles. The number of hydrogen-bond acceptors (Lipinski definition) is 3. The molecular weight excluding hydrogens is 321 g/mol. The maximum atomic E-state index is 12.6. The van der Waals surface area contributed by atoms with E-state index in [-0.39, 0.29) is 17.0 Å². The zero-order chi connectivity index (χ0) is 16.3. The van der Waals surface area contributed by atoms with Crippen LogP contribution in [0.15, 0.2) is 12.1 Å². The normalized spacial score (nSPS) is 18.0. The van der Waals surface area contributed by atoms with Crippen LogP contribution in [-0.2, 0) is 15.7 Å². The molecule has 22 heavy (non-hydrogen) atoms. The zero-order valence-electron chi connectivity index (χ0n) is 11.9. The van der Waals surface area contributed by atoms with E-state index < -0.39 is 17.9 Å². The average Bonchev–Trinajstić information content (AvgIpc) is 2.46. The van der Waals surface area contributed by atoms with Crippen LogP contribution in [0.4, 0.5) is 13.2 Å². The van der Waals surface area contributed by atoms with Crippen LogP contribution in [0.2, 0.25) is 5.15 Å². The predicted octanol–water partition coefficient (Wildman–Crippen LogP) is 3.36. The summed E-state index contributed by atoms with van der Waals surface area (Å²) in [6.45, 7) is 2.73. The summed E-state index contributed by atoms with van der Waals surface area (Å²) in [7, 11) is 0. The molecule has 0 spiro atoms. The largest absolute Gasteiger partial charge is 0.433 e. The molecule has 0 aliphatic carbocycles. The first-order valence-corrected chi connectivity index (χ1v) is 7.28. The third-order valence-electron chi connectivity index (χ3n) is 3.59. The van der Waals surface area contributed by atoms with E-state index in [1.165, 1.54) is 6.07 Å². The minimum absolute atomic E-state index is 0.141. The van der Waals surface area contributed by atoms with Gasteiger partial charge in [-0.2, -0.15) is 13.2 Å². The molecule has 1 fully saturated rings. The Morgan fingerprint density at radius 3 is 2.59 bits per heavy atom. The quantitative estimate of drug-likeness (QED) is 0.861. The summed E-state index contributed by atoms with van der Waals surface area (Å²) in [6, 6.07) is 1.59. The number of nitrogens with one attached hydrogen (secondary N) is 1. The lowest BCUT2D eigenvalue weighted by Gasteiger charge is -2.24. The van der Waals surface area contributed by atoms with E-state index in [9.17, 15) is 18.0 Å². The third kappa shape index (κ3) is 4.10. The van der Waals surface area contributed by atoms with Crippen molar-refractivity contribution in [1.29, 1.82) is 0 Å². The van der Waals surface area contributed by atoms with Crippen LogP contribution in [0.25, 0.3) is 0 Å². The number of ether oxygens (including phenoxy) is 1. The van der Waals surface area contributed by atoms with Crippen LogP contribution < -0.4 is 5.32 Å². The lowest BCUT2D eigenvalue weighted by molar-refractivity contribution is -0.141. The summed E-state index contributed by atoms with van der Waals surface area (Å²) in [6.07, 6.45) is -3.27. The van der Waals surface area contributed by atoms with Crippen molar-refractivity contribution in [1.82, 2.24) is 10.3 Å². The van der Waals surface area contributed by atoms with Crippen molar-refractivity contribution >= 4 is 17.5 Å². The lowest BCUT2D eigenvalue weighted by Crippen LogP contribution is -2.35. The van der Waals surface area contributed by atoms with Gasteiger partial charge in [-0.3, -0.25) is 4.79 Å². The molecule has 2 heterocycles. The SMILES string of the molecule is C[C@H](NC(=O)C1CCOCC1)c1ccc(C(F)(F)F)nc1Cl. The number of rotatable bonds is 3. The van der Waals surface area contributed by atoms with Crippen LogP contribution in [0.1, 0.15) is 37.1 Å². The van der Waals surface area contributed by atoms with Crippen molar-refractivity contribution in [3.63, 3.8) is 0 Å². The minimum atomic E-state index is -4.54. The highest BCUT2D eigenvalue weighted by Gasteiger charge is 2.33. The summed E-state index contributed by atoms with van der Waals surface area (Å²) < 4.78 is 42.8. The Balaban J connectivity index is 2.06. The summed E-state index contributed by atoms with van der Waals surface area (Å²) >= 11 is 5.82. The van der Waals surface area contributed by atoms with E-state index in [1.807, 2.05) is 0 Å². The van der Waals surface area contributed by atoms with E-state index in [0.717, 1.165) is 6.07 Å². The highest BCUT2D eigenvalue weighted by molar-refractivity contribution is 6.30. The van der Waals surface area contributed by atoms with E-state index in [2.05, 4.69) is 10.3 Å². The number of halogens is 4. The number of aromatic nitrogens is 1. The molecule has 1 aliphatic heterocycles. The van der Waals surface area contributed by atoms with Gasteiger partial charge in [0, 0.05) is 24.7 Å². The van der Waals surface area contributed by atoms with Gasteiger partial charge >= 0.3 is 6.18 Å². The molecule has 2 rings (SSSR count). The number of alkyl halides is 3. The van der Waals surface area contributed by atoms with Gasteiger partial charge in [-0.1, -0.05) is 17.7 Å². The summed E-state index contributed by atoms with van der Waals surface area (Å²) in [5, 5.41) is 2.51. The zero-order valence-corrected chi connectivity index (χ0v) is 12.7. The molecule has 1 amide bonds. The fourth-order valence-electron chi connectivity index (χ4n) is 2.29. The van der Waals surface area contributed by atoms with Crippen LogP contribution in [0.5, 0.6) is 0 Å². The molecule has 0 saturated carbocycles. The molecule has 8 heteroatoms. The first kappa shape index (κ1) is 17.0. The van der Waals surface area contributed by atoms with E-state index >= 15 is 0 Å². The molecule has 122 valence electrons. The number of carbonyl (C=O) groups is 1. The molecule has 1 atom stereocenters. The van der Waals surface area contributed by atoms with Crippen molar-refractivity contribution in [3.05, 3.63) is 28.5 Å². The molecule has 1 aromatic rings. The van der Waals surface area contributed by atoms with Crippen molar-refractivity contribution in [2.24, 2.45) is 5.92 Å². The van der Waals surface area contributed by atoms with Crippen LogP contribution in [-0.4, -0.2) is 24.1 Å². The van der Waals surface area contributed by atoms with Gasteiger partial charge in [0.25, 0.3) is 0 Å². The Morgan fingerprint density at radius 1 is 1.41 bits per heavy atom. The van der Waals surface area contributed by atoms with Crippen molar-refractivity contribution in [2.45, 2.75) is 32.0 Å². The maximum Gasteiger partial charge on any atom is 0.433 e. The van der Waals surface area contributed by atoms with Gasteiger partial charge < -0.3 is 10.1 Å². The molecule has 0 radical (unpaired) electrons. The molecule has 1 aliphatic rings. The maximum absolute atomic E-state index is 12.6. The lowest BCUT2D eigenvalue weighted by atomic mass is 9.98. The summed E-state index contributed by atoms with van der Waals surface area (Å²) in [5.41, 5.74) is -0.695. The summed E-state index contributed by atoms with van der Waals surface area (Å²) in [4.78, 5) is 15.5. The van der Waals surface area contributed by atoms with Gasteiger partial charge in [-0.05, 0) is 25.8 Å². The van der Waals surface area contributed by atoms with Crippen LogP contribution >= 0.6 is 11.6 Å². The van der Waals surface area contributed by atoms with Crippen molar-refractivity contribution < 1.29 is 22.7 Å². The number of carbonyl (C=O) groups excluding carboxylic acids is 1. The van der Waals surface area contributed by atoms with E-state index in [4.69, 9.17) is 16.3 Å². The standard InChI is InChI=1S/C14H16ClF3N2O2/c1-8(19-13(21)9-4-6-22-7-5-9)10-2-3-11(14(16,17)18)20-12(10)15/h2-3,8-9H,4-7H2,1H3,(H,19,21)/t8-/m0/s1. The summed E-state index contributed by atoms with van der Waals surface area (Å²) in [5.74, 6) is -0.288. The second-order valence-electron chi connectivity index (χ2n) is 5.19. The van der Waals surface area contributed by atoms with Gasteiger partial charge in [-0.15, -0.1) is 0 Å². The Bertz CT molecular complexity index is 545. The van der Waals surface area contributed by atoms with Crippen LogP contribution in [0.3, 0.4) is 0 Å². The molecule has 1 N–H and O–H groups in total. The molecule has 1 aromatic heterocycles. The molecular formula is C14H16ClF3N2O2. The topological polar surface area (TPSA) is 51.2 Å². The highest BCUT2D eigenvalue weighted by Crippen LogP contribution is 2.31. The Labute approximate surface area is 131 Å². The predicted molar refractivity (Wildman–Crippen MR) is 74.3 cm³/mol. The van der Waals surface area contributed by atoms with Gasteiger partial charge in [-0.25, -0.2) is 4.98 Å². The smallest absolute Gasteiger partial charge is 0.381 e. The van der Waals surface area contributed by atoms with E-state index in [0.29, 0.717) is 31.6 Å². The number of amides is 1. The highest BCUT2D eigenvalue weighted by atomic mass is 35.5. The van der Waals surface area contributed by atoms with Gasteiger partial charge in [0.15, 0.2) is 0 Å². The number of pyridine rings is 1. The van der Waals surface area contributed by atoms with Crippen molar-refractivity contribution in [3.8, 4) is 0 Å². The Morgan fingerprint density at radius 2 is 2.05 bits per heavy atom. The minimum Gasteiger partial charge on any atom is -0.381 e. The van der Waals surface area contributed by atoms with Gasteiger partial charge in [0.1, 0.15) is 10.8 Å². The molecule has 4 nitrogen and oxygen atoms in total. The third-order valence-corrected chi connectivity index (χ3v) is 3.89. The van der Waals surface area contributed by atoms with Crippen LogP contribution in [0, 0.1) is 5.92 Å². The monoisotopic (exact) mass is 336 g/mol. The van der Waals surface area contributed by atoms with E-state index in [1.54, 1.807) is 6.92 Å². The Hall–Kier alpha value is -1.34. The second-order valence-corrected chi connectivity index (χ2v) is 5.55. The first-order valence-electron chi connectivity index (χ1n) is 6.91. The van der Waals surface area contributed by atoms with Crippen molar-refractivity contribution in [2.75, 3.05) is 13.2 Å². The fourth-order valence-corrected chi connectivity index (χ4v) is 2.61. The number of hydrogen-bond donors (Lipinski definition) is 1. The molecule has 0 bridgehead atoms. The van der Waals surface area contributed by atoms with Gasteiger partial charge in [0.2, 0.25) is 5.91 Å². The molecule has 0 aromatic carbocycles. The first-order chi connectivity index (χ1) is 10.3. The number of nitrogens with zero attached hydrogens (tertiary/aromatic N) is 1. The Kier molecular flexibility index (Phi) is 5.28. The fraction of sp³-hybridized carbons (Fsp3) is 0.571. The average molecular weight is 337 g/mol. The van der Waals surface area contributed by atoms with Gasteiger partial charge in [0.05, 0.1) is 6.04 Å². The molecule has 0 unspecified atom stereocenters. The second kappa shape index (κ2) is 6.83.